The molecule has 0 aromatic carbocycles. The van der Waals surface area contributed by atoms with Crippen molar-refractivity contribution in [3.63, 3.8) is 0 Å². The molecule has 7 nitrogen and oxygen atoms in total. The lowest BCUT2D eigenvalue weighted by molar-refractivity contribution is -0.136. The van der Waals surface area contributed by atoms with Crippen LogP contribution >= 0.6 is 0 Å². The highest BCUT2D eigenvalue weighted by Gasteiger charge is 2.23. The highest BCUT2D eigenvalue weighted by molar-refractivity contribution is 5.88. The van der Waals surface area contributed by atoms with Gasteiger partial charge in [0.1, 0.15) is 12.1 Å². The second-order valence-electron chi connectivity index (χ2n) is 6.06. The highest BCUT2D eigenvalue weighted by atomic mass is 16.6. The van der Waals surface area contributed by atoms with Crippen molar-refractivity contribution in [3.05, 3.63) is 12.2 Å². The summed E-state index contributed by atoms with van der Waals surface area (Å²) in [5.74, 6) is -0.217. The lowest BCUT2D eigenvalue weighted by Crippen LogP contribution is -2.52. The summed E-state index contributed by atoms with van der Waals surface area (Å²) in [5.41, 5.74) is -0.591. The van der Waals surface area contributed by atoms with Gasteiger partial charge in [0.25, 0.3) is 0 Å². The Hall–Kier alpha value is -2.05. The quantitative estimate of drug-likeness (QED) is 0.780. The van der Waals surface area contributed by atoms with Crippen LogP contribution in [0.3, 0.4) is 0 Å². The molecule has 1 rings (SSSR count). The molecule has 0 atom stereocenters. The lowest BCUT2D eigenvalue weighted by Gasteiger charge is -2.34. The van der Waals surface area contributed by atoms with Crippen molar-refractivity contribution in [2.45, 2.75) is 33.3 Å². The third-order valence-electron chi connectivity index (χ3n) is 3.04. The first-order valence-electron chi connectivity index (χ1n) is 7.39. The second kappa shape index (κ2) is 7.82. The Labute approximate surface area is 131 Å². The van der Waals surface area contributed by atoms with Crippen LogP contribution in [0, 0.1) is 0 Å². The van der Waals surface area contributed by atoms with E-state index in [0.29, 0.717) is 26.2 Å². The van der Waals surface area contributed by atoms with Gasteiger partial charge in [-0.25, -0.2) is 4.79 Å². The normalized spacial score (nSPS) is 15.8. The number of nitrogens with zero attached hydrogens (tertiary/aromatic N) is 2. The summed E-state index contributed by atoms with van der Waals surface area (Å²) in [6, 6.07) is 0. The molecule has 0 aromatic rings. The first-order valence-corrected chi connectivity index (χ1v) is 7.39. The van der Waals surface area contributed by atoms with Crippen LogP contribution < -0.4 is 5.32 Å². The average Bonchev–Trinajstić information content (AvgIpc) is 2.43. The van der Waals surface area contributed by atoms with Crippen molar-refractivity contribution in [1.82, 2.24) is 15.1 Å². The molecule has 0 saturated carbocycles. The highest BCUT2D eigenvalue weighted by Crippen LogP contribution is 2.06. The van der Waals surface area contributed by atoms with Crippen LogP contribution in [-0.4, -0.2) is 66.0 Å². The molecule has 0 aromatic heterocycles. The van der Waals surface area contributed by atoms with Crippen molar-refractivity contribution in [1.29, 1.82) is 0 Å². The van der Waals surface area contributed by atoms with Crippen LogP contribution in [0.5, 0.6) is 0 Å². The minimum absolute atomic E-state index is 0.0403. The van der Waals surface area contributed by atoms with Gasteiger partial charge in [0, 0.05) is 26.2 Å². The Morgan fingerprint density at radius 3 is 2.14 bits per heavy atom. The van der Waals surface area contributed by atoms with Crippen molar-refractivity contribution in [2.75, 3.05) is 32.7 Å². The topological polar surface area (TPSA) is 79.0 Å². The lowest BCUT2D eigenvalue weighted by atomic mass is 10.2. The monoisotopic (exact) mass is 311 g/mol. The number of amides is 3. The molecule has 22 heavy (non-hydrogen) atoms. The summed E-state index contributed by atoms with van der Waals surface area (Å²) in [6.45, 7) is 8.91. The van der Waals surface area contributed by atoms with Crippen LogP contribution in [0.4, 0.5) is 4.79 Å². The minimum Gasteiger partial charge on any atom is -0.444 e. The molecule has 0 spiro atoms. The number of piperazine rings is 1. The van der Waals surface area contributed by atoms with Crippen LogP contribution in [-0.2, 0) is 14.3 Å². The van der Waals surface area contributed by atoms with E-state index >= 15 is 0 Å². The van der Waals surface area contributed by atoms with E-state index in [4.69, 9.17) is 4.74 Å². The summed E-state index contributed by atoms with van der Waals surface area (Å²) in [4.78, 5) is 38.5. The van der Waals surface area contributed by atoms with Crippen LogP contribution in [0.1, 0.15) is 27.7 Å². The number of rotatable bonds is 3. The molecule has 0 unspecified atom stereocenters. The fraction of sp³-hybridized carbons (Fsp3) is 0.667. The summed E-state index contributed by atoms with van der Waals surface area (Å²) in [7, 11) is 0. The van der Waals surface area contributed by atoms with Gasteiger partial charge in [-0.05, 0) is 33.8 Å². The Morgan fingerprint density at radius 1 is 1.09 bits per heavy atom. The summed E-state index contributed by atoms with van der Waals surface area (Å²) in [6.07, 6.45) is 2.61. The molecule has 0 bridgehead atoms. The number of nitrogens with one attached hydrogen (secondary N) is 1. The Kier molecular flexibility index (Phi) is 6.39. The third-order valence-corrected chi connectivity index (χ3v) is 3.04. The van der Waals surface area contributed by atoms with E-state index in [1.807, 2.05) is 0 Å². The number of allylic oxidation sites excluding steroid dienone is 1. The van der Waals surface area contributed by atoms with E-state index in [1.165, 1.54) is 6.08 Å². The van der Waals surface area contributed by atoms with Crippen molar-refractivity contribution in [3.8, 4) is 0 Å². The minimum atomic E-state index is -0.609. The van der Waals surface area contributed by atoms with E-state index in [-0.39, 0.29) is 18.4 Å². The number of ether oxygens (including phenoxy) is 1. The van der Waals surface area contributed by atoms with Crippen molar-refractivity contribution < 1.29 is 19.1 Å². The molecular formula is C15H25N3O4. The number of carbonyl (C=O) groups is 3. The maximum atomic E-state index is 12.0. The van der Waals surface area contributed by atoms with Crippen molar-refractivity contribution in [2.24, 2.45) is 0 Å². The van der Waals surface area contributed by atoms with Crippen LogP contribution in [0.15, 0.2) is 12.2 Å². The Bertz CT molecular complexity index is 446. The number of alkyl carbamates (subject to hydrolysis) is 1. The van der Waals surface area contributed by atoms with E-state index in [1.54, 1.807) is 43.6 Å². The molecule has 1 fully saturated rings. The molecule has 1 heterocycles. The summed E-state index contributed by atoms with van der Waals surface area (Å²) >= 11 is 0. The van der Waals surface area contributed by atoms with Gasteiger partial charge in [0.05, 0.1) is 0 Å². The molecule has 1 aliphatic rings. The van der Waals surface area contributed by atoms with Crippen LogP contribution in [0.2, 0.25) is 0 Å². The molecule has 0 radical (unpaired) electrons. The largest absolute Gasteiger partial charge is 0.444 e. The standard InChI is InChI=1S/C15H25N3O4/c1-5-6-12(19)17-7-9-18(10-8-17)13(20)11-16-14(21)22-15(2,3)4/h5-6H,7-11H2,1-4H3,(H,16,21)/b6-5+. The summed E-state index contributed by atoms with van der Waals surface area (Å²) in [5, 5.41) is 2.45. The zero-order valence-corrected chi connectivity index (χ0v) is 13.7. The van der Waals surface area contributed by atoms with Gasteiger partial charge in [-0.1, -0.05) is 6.08 Å². The van der Waals surface area contributed by atoms with E-state index in [9.17, 15) is 14.4 Å². The van der Waals surface area contributed by atoms with E-state index in [2.05, 4.69) is 5.32 Å². The molecule has 7 heteroatoms. The maximum Gasteiger partial charge on any atom is 0.408 e. The van der Waals surface area contributed by atoms with Gasteiger partial charge in [-0.2, -0.15) is 0 Å². The average molecular weight is 311 g/mol. The van der Waals surface area contributed by atoms with E-state index < -0.39 is 11.7 Å². The smallest absolute Gasteiger partial charge is 0.408 e. The number of hydrogen-bond donors (Lipinski definition) is 1. The molecule has 3 amide bonds. The van der Waals surface area contributed by atoms with Crippen LogP contribution in [0.25, 0.3) is 0 Å². The first-order chi connectivity index (χ1) is 10.2. The fourth-order valence-electron chi connectivity index (χ4n) is 2.00. The second-order valence-corrected chi connectivity index (χ2v) is 6.06. The maximum absolute atomic E-state index is 12.0. The van der Waals surface area contributed by atoms with Gasteiger partial charge in [0.15, 0.2) is 0 Å². The predicted molar refractivity (Wildman–Crippen MR) is 82.2 cm³/mol. The SMILES string of the molecule is C/C=C/C(=O)N1CCN(C(=O)CNC(=O)OC(C)(C)C)CC1. The molecule has 0 aliphatic carbocycles. The van der Waals surface area contributed by atoms with Crippen molar-refractivity contribution >= 4 is 17.9 Å². The summed E-state index contributed by atoms with van der Waals surface area (Å²) < 4.78 is 5.07. The van der Waals surface area contributed by atoms with Gasteiger partial charge in [-0.15, -0.1) is 0 Å². The molecule has 1 N–H and O–H groups in total. The predicted octanol–water partition coefficient (Wildman–Crippen LogP) is 0.758. The molecule has 1 aliphatic heterocycles. The molecular weight excluding hydrogens is 286 g/mol. The Morgan fingerprint density at radius 2 is 1.64 bits per heavy atom. The van der Waals surface area contributed by atoms with E-state index in [0.717, 1.165) is 0 Å². The van der Waals surface area contributed by atoms with Gasteiger partial charge in [-0.3, -0.25) is 9.59 Å². The molecule has 1 saturated heterocycles. The zero-order valence-electron chi connectivity index (χ0n) is 13.7. The van der Waals surface area contributed by atoms with Gasteiger partial charge >= 0.3 is 6.09 Å². The first kappa shape index (κ1) is 18.0. The number of hydrogen-bond acceptors (Lipinski definition) is 4. The van der Waals surface area contributed by atoms with Gasteiger partial charge in [0.2, 0.25) is 11.8 Å². The fourth-order valence-corrected chi connectivity index (χ4v) is 2.00. The third kappa shape index (κ3) is 6.15. The number of carbonyl (C=O) groups excluding carboxylic acids is 3. The Balaban J connectivity index is 2.34. The molecule has 124 valence electrons. The van der Waals surface area contributed by atoms with Gasteiger partial charge < -0.3 is 19.9 Å². The zero-order chi connectivity index (χ0) is 16.8.